The van der Waals surface area contributed by atoms with Crippen LogP contribution >= 0.6 is 0 Å². The van der Waals surface area contributed by atoms with E-state index in [1.54, 1.807) is 32.4 Å². The van der Waals surface area contributed by atoms with Gasteiger partial charge in [0.05, 0.1) is 34.0 Å². The highest BCUT2D eigenvalue weighted by molar-refractivity contribution is 5.97. The minimum absolute atomic E-state index is 0.212. The van der Waals surface area contributed by atoms with Crippen LogP contribution in [0.25, 0.3) is 0 Å². The van der Waals surface area contributed by atoms with Gasteiger partial charge in [-0.15, -0.1) is 0 Å². The molecule has 134 valence electrons. The van der Waals surface area contributed by atoms with Gasteiger partial charge < -0.3 is 24.3 Å². The van der Waals surface area contributed by atoms with Crippen molar-refractivity contribution in [3.63, 3.8) is 0 Å². The maximum Gasteiger partial charge on any atom is 0.255 e. The van der Waals surface area contributed by atoms with Crippen LogP contribution in [0.1, 0.15) is 15.9 Å². The van der Waals surface area contributed by atoms with Gasteiger partial charge in [0.15, 0.2) is 23.0 Å². The predicted molar refractivity (Wildman–Crippen MR) is 95.1 cm³/mol. The van der Waals surface area contributed by atoms with Crippen molar-refractivity contribution >= 4 is 5.91 Å². The number of para-hydroxylation sites is 1. The number of carbonyl (C=O) groups excluding carboxylic acids is 1. The predicted octanol–water partition coefficient (Wildman–Crippen LogP) is 2.69. The van der Waals surface area contributed by atoms with Crippen LogP contribution in [-0.4, -0.2) is 40.9 Å². The Morgan fingerprint density at radius 1 is 0.880 bits per heavy atom. The number of carbonyl (C=O) groups is 1. The SMILES string of the molecule is COc1ccc(CCNC(=O)c2cccc(OC)c2OC)cc1OC. The Balaban J connectivity index is 2.02. The Bertz CT molecular complexity index is 730. The second-order valence-corrected chi connectivity index (χ2v) is 5.24. The number of nitrogens with one attached hydrogen (secondary N) is 1. The third-order valence-electron chi connectivity index (χ3n) is 3.79. The van der Waals surface area contributed by atoms with Crippen LogP contribution in [0.15, 0.2) is 36.4 Å². The van der Waals surface area contributed by atoms with Crippen molar-refractivity contribution in [1.29, 1.82) is 0 Å². The van der Waals surface area contributed by atoms with E-state index in [9.17, 15) is 4.79 Å². The Hall–Kier alpha value is -2.89. The fourth-order valence-corrected chi connectivity index (χ4v) is 2.52. The highest BCUT2D eigenvalue weighted by Crippen LogP contribution is 2.30. The van der Waals surface area contributed by atoms with Crippen LogP contribution in [-0.2, 0) is 6.42 Å². The molecule has 2 aromatic rings. The van der Waals surface area contributed by atoms with Gasteiger partial charge in [0.25, 0.3) is 5.91 Å². The molecular weight excluding hydrogens is 322 g/mol. The fourth-order valence-electron chi connectivity index (χ4n) is 2.52. The molecule has 0 saturated carbocycles. The molecular formula is C19H23NO5. The Morgan fingerprint density at radius 2 is 1.60 bits per heavy atom. The van der Waals surface area contributed by atoms with Gasteiger partial charge in [-0.2, -0.15) is 0 Å². The van der Waals surface area contributed by atoms with Crippen molar-refractivity contribution < 1.29 is 23.7 Å². The molecule has 0 saturated heterocycles. The van der Waals surface area contributed by atoms with Gasteiger partial charge in [-0.1, -0.05) is 12.1 Å². The molecule has 6 nitrogen and oxygen atoms in total. The Kier molecular flexibility index (Phi) is 6.51. The summed E-state index contributed by atoms with van der Waals surface area (Å²) in [4.78, 5) is 12.4. The molecule has 0 spiro atoms. The first-order valence-electron chi connectivity index (χ1n) is 7.84. The molecule has 0 aromatic heterocycles. The van der Waals surface area contributed by atoms with Gasteiger partial charge in [0.2, 0.25) is 0 Å². The zero-order chi connectivity index (χ0) is 18.2. The van der Waals surface area contributed by atoms with E-state index in [1.807, 2.05) is 18.2 Å². The molecule has 0 fully saturated rings. The lowest BCUT2D eigenvalue weighted by atomic mass is 10.1. The molecule has 25 heavy (non-hydrogen) atoms. The zero-order valence-corrected chi connectivity index (χ0v) is 14.9. The van der Waals surface area contributed by atoms with Gasteiger partial charge in [-0.25, -0.2) is 0 Å². The topological polar surface area (TPSA) is 66.0 Å². The van der Waals surface area contributed by atoms with Crippen molar-refractivity contribution in [3.05, 3.63) is 47.5 Å². The molecule has 2 rings (SSSR count). The third kappa shape index (κ3) is 4.35. The summed E-state index contributed by atoms with van der Waals surface area (Å²) in [6, 6.07) is 10.9. The average Bonchev–Trinajstić information content (AvgIpc) is 2.66. The highest BCUT2D eigenvalue weighted by atomic mass is 16.5. The number of methoxy groups -OCH3 is 4. The van der Waals surface area contributed by atoms with E-state index in [0.717, 1.165) is 5.56 Å². The minimum Gasteiger partial charge on any atom is -0.493 e. The summed E-state index contributed by atoms with van der Waals surface area (Å²) in [5.74, 6) is 2.08. The normalized spacial score (nSPS) is 10.1. The van der Waals surface area contributed by atoms with Crippen LogP contribution in [0.5, 0.6) is 23.0 Å². The molecule has 0 aliphatic rings. The minimum atomic E-state index is -0.212. The summed E-state index contributed by atoms with van der Waals surface area (Å²) in [7, 11) is 6.24. The number of benzene rings is 2. The second-order valence-electron chi connectivity index (χ2n) is 5.24. The van der Waals surface area contributed by atoms with E-state index in [-0.39, 0.29) is 5.91 Å². The summed E-state index contributed by atoms with van der Waals surface area (Å²) in [6.45, 7) is 0.481. The lowest BCUT2D eigenvalue weighted by molar-refractivity contribution is 0.0950. The standard InChI is InChI=1S/C19H23NO5/c1-22-15-9-8-13(12-17(15)24-3)10-11-20-19(21)14-6-5-7-16(23-2)18(14)25-4/h5-9,12H,10-11H2,1-4H3,(H,20,21). The molecule has 0 aliphatic heterocycles. The van der Waals surface area contributed by atoms with E-state index in [4.69, 9.17) is 18.9 Å². The van der Waals surface area contributed by atoms with Crippen molar-refractivity contribution in [2.45, 2.75) is 6.42 Å². The van der Waals surface area contributed by atoms with Crippen LogP contribution in [0, 0.1) is 0 Å². The quantitative estimate of drug-likeness (QED) is 0.797. The first kappa shape index (κ1) is 18.4. The number of hydrogen-bond donors (Lipinski definition) is 1. The average molecular weight is 345 g/mol. The van der Waals surface area contributed by atoms with Crippen molar-refractivity contribution in [1.82, 2.24) is 5.32 Å². The summed E-state index contributed by atoms with van der Waals surface area (Å²) in [5.41, 5.74) is 1.48. The highest BCUT2D eigenvalue weighted by Gasteiger charge is 2.16. The lowest BCUT2D eigenvalue weighted by Gasteiger charge is -2.13. The first-order valence-corrected chi connectivity index (χ1v) is 7.84. The molecule has 0 atom stereocenters. The summed E-state index contributed by atoms with van der Waals surface area (Å²) < 4.78 is 21.0. The lowest BCUT2D eigenvalue weighted by Crippen LogP contribution is -2.26. The smallest absolute Gasteiger partial charge is 0.255 e. The number of amides is 1. The number of rotatable bonds is 8. The molecule has 2 aromatic carbocycles. The summed E-state index contributed by atoms with van der Waals surface area (Å²) in [6.07, 6.45) is 0.665. The number of hydrogen-bond acceptors (Lipinski definition) is 5. The molecule has 6 heteroatoms. The van der Waals surface area contributed by atoms with E-state index in [1.165, 1.54) is 14.2 Å². The van der Waals surface area contributed by atoms with E-state index >= 15 is 0 Å². The first-order chi connectivity index (χ1) is 12.1. The van der Waals surface area contributed by atoms with E-state index in [2.05, 4.69) is 5.32 Å². The molecule has 0 aliphatic carbocycles. The van der Waals surface area contributed by atoms with Gasteiger partial charge in [0, 0.05) is 6.54 Å². The van der Waals surface area contributed by atoms with Gasteiger partial charge in [0.1, 0.15) is 0 Å². The summed E-state index contributed by atoms with van der Waals surface area (Å²) in [5, 5.41) is 2.89. The molecule has 0 bridgehead atoms. The van der Waals surface area contributed by atoms with Gasteiger partial charge >= 0.3 is 0 Å². The van der Waals surface area contributed by atoms with Gasteiger partial charge in [-0.3, -0.25) is 4.79 Å². The largest absolute Gasteiger partial charge is 0.493 e. The monoisotopic (exact) mass is 345 g/mol. The van der Waals surface area contributed by atoms with E-state index in [0.29, 0.717) is 41.5 Å². The Labute approximate surface area is 147 Å². The van der Waals surface area contributed by atoms with E-state index < -0.39 is 0 Å². The van der Waals surface area contributed by atoms with Crippen LogP contribution in [0.3, 0.4) is 0 Å². The van der Waals surface area contributed by atoms with Crippen LogP contribution in [0.2, 0.25) is 0 Å². The molecule has 0 radical (unpaired) electrons. The summed E-state index contributed by atoms with van der Waals surface area (Å²) >= 11 is 0. The Morgan fingerprint density at radius 3 is 2.24 bits per heavy atom. The van der Waals surface area contributed by atoms with Crippen LogP contribution < -0.4 is 24.3 Å². The number of ether oxygens (including phenoxy) is 4. The van der Waals surface area contributed by atoms with Crippen molar-refractivity contribution in [2.75, 3.05) is 35.0 Å². The third-order valence-corrected chi connectivity index (χ3v) is 3.79. The molecule has 0 unspecified atom stereocenters. The molecule has 1 N–H and O–H groups in total. The maximum absolute atomic E-state index is 12.4. The molecule has 0 heterocycles. The maximum atomic E-state index is 12.4. The van der Waals surface area contributed by atoms with Gasteiger partial charge in [-0.05, 0) is 36.2 Å². The second kappa shape index (κ2) is 8.82. The van der Waals surface area contributed by atoms with Crippen molar-refractivity contribution in [2.24, 2.45) is 0 Å². The zero-order valence-electron chi connectivity index (χ0n) is 14.9. The van der Waals surface area contributed by atoms with Crippen LogP contribution in [0.4, 0.5) is 0 Å². The fraction of sp³-hybridized carbons (Fsp3) is 0.316. The molecule has 1 amide bonds. The van der Waals surface area contributed by atoms with Crippen molar-refractivity contribution in [3.8, 4) is 23.0 Å².